The van der Waals surface area contributed by atoms with Gasteiger partial charge in [-0.1, -0.05) is 59.8 Å². The highest BCUT2D eigenvalue weighted by Gasteiger charge is 2.48. The lowest BCUT2D eigenvalue weighted by Crippen LogP contribution is -2.29. The number of rotatable bonds is 11. The highest BCUT2D eigenvalue weighted by Crippen LogP contribution is 2.46. The van der Waals surface area contributed by atoms with Crippen molar-refractivity contribution in [2.75, 3.05) is 18.1 Å². The molecule has 0 radical (unpaired) electrons. The number of benzene rings is 3. The van der Waals surface area contributed by atoms with Crippen LogP contribution in [0.5, 0.6) is 17.2 Å². The van der Waals surface area contributed by atoms with E-state index in [1.54, 1.807) is 30.3 Å². The van der Waals surface area contributed by atoms with Gasteiger partial charge in [0, 0.05) is 22.8 Å². The molecule has 3 aromatic carbocycles. The van der Waals surface area contributed by atoms with Crippen LogP contribution in [0.2, 0.25) is 5.02 Å². The smallest absolute Gasteiger partial charge is 0.301 e. The van der Waals surface area contributed by atoms with Crippen LogP contribution >= 0.6 is 34.7 Å². The fourth-order valence-corrected chi connectivity index (χ4v) is 7.40. The molecule has 2 aliphatic rings. The van der Waals surface area contributed by atoms with E-state index in [9.17, 15) is 14.7 Å². The Hall–Kier alpha value is -4.06. The maximum absolute atomic E-state index is 13.8. The molecule has 2 atom stereocenters. The second kappa shape index (κ2) is 13.7. The van der Waals surface area contributed by atoms with Crippen molar-refractivity contribution in [3.05, 3.63) is 93.5 Å². The van der Waals surface area contributed by atoms with Crippen molar-refractivity contribution in [3.8, 4) is 17.2 Å². The third-order valence-electron chi connectivity index (χ3n) is 7.54. The van der Waals surface area contributed by atoms with Crippen molar-refractivity contribution in [1.82, 2.24) is 10.2 Å². The van der Waals surface area contributed by atoms with E-state index in [4.69, 9.17) is 25.8 Å². The molecule has 1 aromatic heterocycles. The van der Waals surface area contributed by atoms with Crippen LogP contribution in [0.25, 0.3) is 5.76 Å². The largest absolute Gasteiger partial charge is 0.507 e. The number of aromatic nitrogens is 2. The molecule has 238 valence electrons. The van der Waals surface area contributed by atoms with E-state index >= 15 is 0 Å². The van der Waals surface area contributed by atoms with Crippen molar-refractivity contribution < 1.29 is 28.9 Å². The number of fused-ring (bicyclic) bond motifs is 1. The summed E-state index contributed by atoms with van der Waals surface area (Å²) in [5, 5.41) is 21.3. The SMILES string of the molecule is CCCOc1ccc(C2/C(=C(/O)c3ccc4c(c3)CC(C)O4)C(=O)C(=O)N2c2nnc(SCc3ccc(Cl)cc3)s2)cc1OCC. The predicted octanol–water partition coefficient (Wildman–Crippen LogP) is 7.62. The van der Waals surface area contributed by atoms with Gasteiger partial charge < -0.3 is 19.3 Å². The molecule has 3 heterocycles. The molecule has 1 saturated heterocycles. The molecule has 2 unspecified atom stereocenters. The van der Waals surface area contributed by atoms with E-state index in [0.717, 1.165) is 23.3 Å². The standard InChI is InChI=1S/C34H32ClN3O6S2/c1-4-14-43-26-13-8-21(17-27(26)42-5-2)29-28(30(39)22-9-12-25-23(16-22)15-19(3)44-25)31(40)32(41)38(29)33-36-37-34(46-33)45-18-20-6-10-24(35)11-7-20/h6-13,16-17,19,29,39H,4-5,14-15,18H2,1-3H3/b30-28-. The summed E-state index contributed by atoms with van der Waals surface area (Å²) >= 11 is 8.69. The van der Waals surface area contributed by atoms with E-state index < -0.39 is 17.7 Å². The van der Waals surface area contributed by atoms with Crippen molar-refractivity contribution in [1.29, 1.82) is 0 Å². The lowest BCUT2D eigenvalue weighted by molar-refractivity contribution is -0.132. The van der Waals surface area contributed by atoms with Crippen LogP contribution in [0.4, 0.5) is 5.13 Å². The minimum absolute atomic E-state index is 0.00700. The number of carbonyl (C=O) groups excluding carboxylic acids is 2. The van der Waals surface area contributed by atoms with Gasteiger partial charge in [0.05, 0.1) is 24.8 Å². The van der Waals surface area contributed by atoms with Gasteiger partial charge in [-0.2, -0.15) is 0 Å². The lowest BCUT2D eigenvalue weighted by Gasteiger charge is -2.23. The summed E-state index contributed by atoms with van der Waals surface area (Å²) in [7, 11) is 0. The summed E-state index contributed by atoms with van der Waals surface area (Å²) in [6.45, 7) is 6.73. The molecule has 2 aliphatic heterocycles. The molecule has 4 aromatic rings. The molecule has 12 heteroatoms. The molecule has 9 nitrogen and oxygen atoms in total. The number of aliphatic hydroxyl groups excluding tert-OH is 1. The van der Waals surface area contributed by atoms with Crippen LogP contribution < -0.4 is 19.1 Å². The maximum Gasteiger partial charge on any atom is 0.301 e. The maximum atomic E-state index is 13.8. The minimum Gasteiger partial charge on any atom is -0.507 e. The molecule has 0 bridgehead atoms. The molecule has 1 fully saturated rings. The van der Waals surface area contributed by atoms with Gasteiger partial charge in [0.2, 0.25) is 5.13 Å². The number of carbonyl (C=O) groups is 2. The summed E-state index contributed by atoms with van der Waals surface area (Å²) < 4.78 is 18.3. The number of hydrogen-bond acceptors (Lipinski definition) is 10. The zero-order valence-electron chi connectivity index (χ0n) is 25.5. The molecule has 0 aliphatic carbocycles. The minimum atomic E-state index is -0.995. The van der Waals surface area contributed by atoms with E-state index in [1.807, 2.05) is 51.1 Å². The Morgan fingerprint density at radius 3 is 2.63 bits per heavy atom. The first-order valence-corrected chi connectivity index (χ1v) is 17.2. The quantitative estimate of drug-likeness (QED) is 0.0563. The Bertz CT molecular complexity index is 1810. The lowest BCUT2D eigenvalue weighted by atomic mass is 9.94. The zero-order valence-corrected chi connectivity index (χ0v) is 27.9. The molecule has 1 N–H and O–H groups in total. The summed E-state index contributed by atoms with van der Waals surface area (Å²) in [5.74, 6) is 0.475. The Kier molecular flexibility index (Phi) is 9.53. The second-order valence-electron chi connectivity index (χ2n) is 10.9. The summed E-state index contributed by atoms with van der Waals surface area (Å²) in [6.07, 6.45) is 1.49. The number of thioether (sulfide) groups is 1. The van der Waals surface area contributed by atoms with Crippen molar-refractivity contribution in [2.24, 2.45) is 0 Å². The Morgan fingerprint density at radius 2 is 1.87 bits per heavy atom. The third-order valence-corrected chi connectivity index (χ3v) is 9.92. The van der Waals surface area contributed by atoms with E-state index in [0.29, 0.717) is 57.4 Å². The molecule has 0 saturated carbocycles. The van der Waals surface area contributed by atoms with Crippen LogP contribution in [0.15, 0.2) is 70.6 Å². The van der Waals surface area contributed by atoms with Crippen LogP contribution in [-0.4, -0.2) is 46.3 Å². The van der Waals surface area contributed by atoms with Gasteiger partial charge >= 0.3 is 5.91 Å². The average molecular weight is 678 g/mol. The normalized spacial score (nSPS) is 18.5. The fraction of sp³-hybridized carbons (Fsp3) is 0.294. The van der Waals surface area contributed by atoms with E-state index in [2.05, 4.69) is 10.2 Å². The van der Waals surface area contributed by atoms with Crippen molar-refractivity contribution in [2.45, 2.75) is 55.9 Å². The van der Waals surface area contributed by atoms with Gasteiger partial charge in [-0.25, -0.2) is 0 Å². The number of ketones is 1. The third kappa shape index (κ3) is 6.44. The highest BCUT2D eigenvalue weighted by atomic mass is 35.5. The fourth-order valence-electron chi connectivity index (χ4n) is 5.45. The molecular formula is C34H32ClN3O6S2. The number of nitrogens with zero attached hydrogens (tertiary/aromatic N) is 3. The highest BCUT2D eigenvalue weighted by molar-refractivity contribution is 8.00. The summed E-state index contributed by atoms with van der Waals surface area (Å²) in [6, 6.07) is 17.1. The van der Waals surface area contributed by atoms with Crippen LogP contribution in [0, 0.1) is 0 Å². The van der Waals surface area contributed by atoms with Crippen molar-refractivity contribution in [3.63, 3.8) is 0 Å². The van der Waals surface area contributed by atoms with Gasteiger partial charge in [-0.05, 0) is 79.4 Å². The van der Waals surface area contributed by atoms with Gasteiger partial charge in [0.1, 0.15) is 17.6 Å². The number of ether oxygens (including phenoxy) is 3. The number of anilines is 1. The molecule has 6 rings (SSSR count). The second-order valence-corrected chi connectivity index (χ2v) is 13.5. The number of amides is 1. The number of Topliss-reactive ketones (excluding diaryl/α,β-unsaturated/α-hetero) is 1. The molecule has 46 heavy (non-hydrogen) atoms. The van der Waals surface area contributed by atoms with Crippen LogP contribution in [0.3, 0.4) is 0 Å². The predicted molar refractivity (Wildman–Crippen MR) is 179 cm³/mol. The van der Waals surface area contributed by atoms with E-state index in [-0.39, 0.29) is 22.6 Å². The Balaban J connectivity index is 1.42. The van der Waals surface area contributed by atoms with Crippen molar-refractivity contribution >= 4 is 57.3 Å². The van der Waals surface area contributed by atoms with Gasteiger partial charge in [-0.15, -0.1) is 10.2 Å². The Morgan fingerprint density at radius 1 is 1.07 bits per heavy atom. The van der Waals surface area contributed by atoms with E-state index in [1.165, 1.54) is 28.0 Å². The Labute approximate surface area is 280 Å². The summed E-state index contributed by atoms with van der Waals surface area (Å²) in [4.78, 5) is 28.9. The van der Waals surface area contributed by atoms with Gasteiger partial charge in [0.15, 0.2) is 15.8 Å². The first-order valence-electron chi connectivity index (χ1n) is 15.0. The molecule has 0 spiro atoms. The number of halogens is 1. The van der Waals surface area contributed by atoms with Crippen LogP contribution in [-0.2, 0) is 21.8 Å². The monoisotopic (exact) mass is 677 g/mol. The first-order chi connectivity index (χ1) is 22.3. The zero-order chi connectivity index (χ0) is 32.4. The molecular weight excluding hydrogens is 646 g/mol. The first kappa shape index (κ1) is 31.9. The average Bonchev–Trinajstić information content (AvgIpc) is 3.74. The topological polar surface area (TPSA) is 111 Å². The van der Waals surface area contributed by atoms with Gasteiger partial charge in [0.25, 0.3) is 5.78 Å². The van der Waals surface area contributed by atoms with Crippen LogP contribution in [0.1, 0.15) is 55.5 Å². The number of hydrogen-bond donors (Lipinski definition) is 1. The number of aliphatic hydroxyl groups is 1. The molecule has 1 amide bonds. The summed E-state index contributed by atoms with van der Waals surface area (Å²) in [5.41, 5.74) is 2.90. The van der Waals surface area contributed by atoms with Gasteiger partial charge in [-0.3, -0.25) is 14.5 Å².